The van der Waals surface area contributed by atoms with E-state index in [-0.39, 0.29) is 24.3 Å². The van der Waals surface area contributed by atoms with E-state index in [2.05, 4.69) is 21.4 Å². The summed E-state index contributed by atoms with van der Waals surface area (Å²) in [5.74, 6) is -0.216. The first-order chi connectivity index (χ1) is 13.1. The van der Waals surface area contributed by atoms with Crippen molar-refractivity contribution in [2.24, 2.45) is 0 Å². The number of carbonyl (C=O) groups is 1. The van der Waals surface area contributed by atoms with Gasteiger partial charge in [-0.05, 0) is 31.0 Å². The number of fused-ring (bicyclic) bond motifs is 3. The van der Waals surface area contributed by atoms with Crippen molar-refractivity contribution in [2.75, 3.05) is 5.32 Å². The molecule has 0 aliphatic carbocycles. The number of thiazole rings is 1. The predicted molar refractivity (Wildman–Crippen MR) is 104 cm³/mol. The molecule has 3 aromatic heterocycles. The maximum atomic E-state index is 13.1. The number of H-pyrrole nitrogens is 1. The molecule has 1 amide bonds. The zero-order valence-electron chi connectivity index (χ0n) is 14.4. The van der Waals surface area contributed by atoms with Gasteiger partial charge in [-0.3, -0.25) is 14.0 Å². The van der Waals surface area contributed by atoms with Crippen LogP contribution >= 0.6 is 11.3 Å². The molecule has 0 saturated carbocycles. The Hall–Kier alpha value is -3.44. The van der Waals surface area contributed by atoms with Crippen LogP contribution < -0.4 is 10.9 Å². The van der Waals surface area contributed by atoms with Crippen LogP contribution in [0.3, 0.4) is 0 Å². The molecule has 8 heteroatoms. The zero-order chi connectivity index (χ0) is 19.0. The maximum absolute atomic E-state index is 13.1. The van der Waals surface area contributed by atoms with E-state index < -0.39 is 0 Å². The van der Waals surface area contributed by atoms with E-state index in [0.29, 0.717) is 33.0 Å². The highest BCUT2D eigenvalue weighted by atomic mass is 32.1. The van der Waals surface area contributed by atoms with Crippen LogP contribution in [0.15, 0.2) is 40.6 Å². The van der Waals surface area contributed by atoms with Crippen molar-refractivity contribution in [3.63, 3.8) is 0 Å². The molecule has 0 aliphatic rings. The lowest BCUT2D eigenvalue weighted by Gasteiger charge is -2.09. The average molecular weight is 377 g/mol. The third kappa shape index (κ3) is 2.88. The number of rotatable bonds is 4. The van der Waals surface area contributed by atoms with Gasteiger partial charge >= 0.3 is 0 Å². The lowest BCUT2D eigenvalue weighted by atomic mass is 10.0. The molecule has 27 heavy (non-hydrogen) atoms. The Kier molecular flexibility index (Phi) is 4.22. The molecule has 0 fully saturated rings. The minimum atomic E-state index is -0.216. The average Bonchev–Trinajstić information content (AvgIpc) is 3.29. The number of amides is 1. The molecule has 0 spiro atoms. The van der Waals surface area contributed by atoms with Crippen molar-refractivity contribution in [1.82, 2.24) is 14.4 Å². The summed E-state index contributed by atoms with van der Waals surface area (Å²) in [6.45, 7) is 1.75. The Balaban J connectivity index is 1.76. The summed E-state index contributed by atoms with van der Waals surface area (Å²) in [6.07, 6.45) is 1.99. The molecule has 0 unspecified atom stereocenters. The van der Waals surface area contributed by atoms with Crippen molar-refractivity contribution in [2.45, 2.75) is 19.8 Å². The van der Waals surface area contributed by atoms with Crippen LogP contribution in [-0.2, 0) is 11.2 Å². The highest BCUT2D eigenvalue weighted by Crippen LogP contribution is 2.22. The van der Waals surface area contributed by atoms with Crippen LogP contribution in [0.2, 0.25) is 0 Å². The molecule has 4 aromatic rings. The van der Waals surface area contributed by atoms with E-state index in [9.17, 15) is 14.9 Å². The highest BCUT2D eigenvalue weighted by Gasteiger charge is 2.19. The zero-order valence-corrected chi connectivity index (χ0v) is 15.3. The monoisotopic (exact) mass is 377 g/mol. The molecule has 7 nitrogen and oxygen atoms in total. The van der Waals surface area contributed by atoms with Gasteiger partial charge in [0.05, 0.1) is 16.6 Å². The molecule has 3 heterocycles. The molecule has 0 atom stereocenters. The lowest BCUT2D eigenvalue weighted by Crippen LogP contribution is -2.22. The van der Waals surface area contributed by atoms with Gasteiger partial charge in [-0.2, -0.15) is 5.26 Å². The van der Waals surface area contributed by atoms with Crippen LogP contribution in [0.1, 0.15) is 23.1 Å². The largest absolute Gasteiger partial charge is 0.338 e. The van der Waals surface area contributed by atoms with E-state index in [4.69, 9.17) is 0 Å². The van der Waals surface area contributed by atoms with Crippen molar-refractivity contribution < 1.29 is 4.79 Å². The molecular formula is C19H15N5O2S. The van der Waals surface area contributed by atoms with Crippen LogP contribution in [0.4, 0.5) is 5.13 Å². The van der Waals surface area contributed by atoms with Gasteiger partial charge in [0.15, 0.2) is 5.13 Å². The number of pyridine rings is 1. The number of hydrogen-bond donors (Lipinski definition) is 2. The number of para-hydroxylation sites is 2. The standard InChI is InChI=1S/C19H15N5O2S/c1-11-12(6-7-16(25)23-19-21-8-9-27-19)18(26)24-15-5-3-2-4-14(15)22-17(24)13(11)10-20/h2-5,8-9,22H,6-7H2,1H3,(H,21,23,25). The number of nitriles is 1. The number of hydrogen-bond acceptors (Lipinski definition) is 5. The second-order valence-corrected chi connectivity index (χ2v) is 7.00. The summed E-state index contributed by atoms with van der Waals surface area (Å²) in [5.41, 5.74) is 3.27. The van der Waals surface area contributed by atoms with E-state index in [1.165, 1.54) is 15.7 Å². The number of aromatic nitrogens is 3. The first kappa shape index (κ1) is 17.0. The lowest BCUT2D eigenvalue weighted by molar-refractivity contribution is -0.116. The molecule has 1 aromatic carbocycles. The molecule has 0 saturated heterocycles. The van der Waals surface area contributed by atoms with Gasteiger partial charge in [0, 0.05) is 23.6 Å². The van der Waals surface area contributed by atoms with E-state index >= 15 is 0 Å². The van der Waals surface area contributed by atoms with Crippen LogP contribution in [0.25, 0.3) is 16.7 Å². The molecule has 2 N–H and O–H groups in total. The fourth-order valence-corrected chi connectivity index (χ4v) is 3.77. The van der Waals surface area contributed by atoms with Gasteiger partial charge in [-0.15, -0.1) is 11.3 Å². The quantitative estimate of drug-likeness (QED) is 0.570. The van der Waals surface area contributed by atoms with Crippen molar-refractivity contribution in [3.05, 3.63) is 62.9 Å². The Labute approximate surface area is 157 Å². The van der Waals surface area contributed by atoms with Crippen molar-refractivity contribution >= 4 is 39.1 Å². The molecule has 0 aliphatic heterocycles. The molecule has 0 bridgehead atoms. The Morgan fingerprint density at radius 2 is 2.22 bits per heavy atom. The highest BCUT2D eigenvalue weighted by molar-refractivity contribution is 7.13. The Bertz CT molecular complexity index is 1260. The van der Waals surface area contributed by atoms with Crippen molar-refractivity contribution in [1.29, 1.82) is 5.26 Å². The van der Waals surface area contributed by atoms with Gasteiger partial charge in [0.25, 0.3) is 5.56 Å². The first-order valence-electron chi connectivity index (χ1n) is 8.34. The first-order valence-corrected chi connectivity index (χ1v) is 9.22. The molecule has 4 rings (SSSR count). The topological polar surface area (TPSA) is 103 Å². The predicted octanol–water partition coefficient (Wildman–Crippen LogP) is 2.99. The van der Waals surface area contributed by atoms with Gasteiger partial charge in [0.1, 0.15) is 11.7 Å². The molecule has 0 radical (unpaired) electrons. The number of imidazole rings is 1. The molecule has 134 valence electrons. The van der Waals surface area contributed by atoms with Gasteiger partial charge < -0.3 is 10.3 Å². The van der Waals surface area contributed by atoms with Gasteiger partial charge in [0.2, 0.25) is 5.91 Å². The summed E-state index contributed by atoms with van der Waals surface area (Å²) < 4.78 is 1.52. The number of nitrogens with one attached hydrogen (secondary N) is 2. The van der Waals surface area contributed by atoms with Crippen LogP contribution in [0.5, 0.6) is 0 Å². The fraction of sp³-hybridized carbons (Fsp3) is 0.158. The smallest absolute Gasteiger partial charge is 0.260 e. The SMILES string of the molecule is Cc1c(CCC(=O)Nc2nccs2)c(=O)n2c([nH]c3ccccc32)c1C#N. The third-order valence-electron chi connectivity index (χ3n) is 4.54. The number of nitrogens with zero attached hydrogens (tertiary/aromatic N) is 3. The van der Waals surface area contributed by atoms with Crippen LogP contribution in [-0.4, -0.2) is 20.3 Å². The summed E-state index contributed by atoms with van der Waals surface area (Å²) in [5, 5.41) is 14.6. The third-order valence-corrected chi connectivity index (χ3v) is 5.23. The van der Waals surface area contributed by atoms with Crippen molar-refractivity contribution in [3.8, 4) is 6.07 Å². The Morgan fingerprint density at radius 3 is 2.96 bits per heavy atom. The second kappa shape index (κ2) is 6.70. The number of carbonyl (C=O) groups excluding carboxylic acids is 1. The second-order valence-electron chi connectivity index (χ2n) is 6.11. The number of benzene rings is 1. The number of aromatic amines is 1. The van der Waals surface area contributed by atoms with Gasteiger partial charge in [-0.1, -0.05) is 12.1 Å². The molecular weight excluding hydrogens is 362 g/mol. The normalized spacial score (nSPS) is 11.0. The maximum Gasteiger partial charge on any atom is 0.260 e. The number of anilines is 1. The van der Waals surface area contributed by atoms with E-state index in [0.717, 1.165) is 5.52 Å². The summed E-state index contributed by atoms with van der Waals surface area (Å²) in [4.78, 5) is 32.4. The van der Waals surface area contributed by atoms with Gasteiger partial charge in [-0.25, -0.2) is 4.98 Å². The summed E-state index contributed by atoms with van der Waals surface area (Å²) in [6, 6.07) is 9.59. The van der Waals surface area contributed by atoms with Crippen LogP contribution in [0, 0.1) is 18.3 Å². The Morgan fingerprint density at radius 1 is 1.41 bits per heavy atom. The fourth-order valence-electron chi connectivity index (χ4n) is 3.22. The summed E-state index contributed by atoms with van der Waals surface area (Å²) in [7, 11) is 0. The van der Waals surface area contributed by atoms with E-state index in [1.807, 2.05) is 24.3 Å². The minimum Gasteiger partial charge on any atom is -0.338 e. The minimum absolute atomic E-state index is 0.134. The summed E-state index contributed by atoms with van der Waals surface area (Å²) >= 11 is 1.33. The van der Waals surface area contributed by atoms with E-state index in [1.54, 1.807) is 18.5 Å².